The van der Waals surface area contributed by atoms with Gasteiger partial charge in [-0.15, -0.1) is 23.2 Å². The first-order chi connectivity index (χ1) is 17.7. The number of hydrogen-bond donors (Lipinski definition) is 2. The number of likely N-dealkylation sites (tertiary alicyclic amines) is 1. The number of carbonyl (C=O) groups excluding carboxylic acids is 5. The summed E-state index contributed by atoms with van der Waals surface area (Å²) in [6.45, 7) is 5.43. The molecule has 0 aromatic heterocycles. The molecule has 5 atom stereocenters. The SMILES string of the molecule is CC(C)(C)OC(=O)N[C@H](C(=O)N1C[C@H]2[C@@H]([C@H]1C(=O)CC(CC1CC1)C(=O)C(N)=O)C2(Cl)Cl)C1CCCCC1. The van der Waals surface area contributed by atoms with Crippen LogP contribution in [0.15, 0.2) is 0 Å². The fourth-order valence-corrected chi connectivity index (χ4v) is 7.09. The lowest BCUT2D eigenvalue weighted by Crippen LogP contribution is -2.57. The van der Waals surface area contributed by atoms with Crippen LogP contribution in [0, 0.1) is 29.6 Å². The van der Waals surface area contributed by atoms with E-state index >= 15 is 0 Å². The first-order valence-electron chi connectivity index (χ1n) is 13.7. The average molecular weight is 573 g/mol. The van der Waals surface area contributed by atoms with Crippen molar-refractivity contribution < 1.29 is 28.7 Å². The van der Waals surface area contributed by atoms with Crippen molar-refractivity contribution in [2.45, 2.75) is 101 Å². The molecule has 0 aromatic carbocycles. The number of ether oxygens (including phenoxy) is 1. The third kappa shape index (κ3) is 6.46. The molecule has 1 saturated heterocycles. The van der Waals surface area contributed by atoms with Gasteiger partial charge in [0.15, 0.2) is 5.78 Å². The molecule has 0 aromatic rings. The van der Waals surface area contributed by atoms with Crippen LogP contribution in [0.4, 0.5) is 4.79 Å². The molecule has 11 heteroatoms. The number of alkyl halides is 2. The Kier molecular flexibility index (Phi) is 8.39. The molecular weight excluding hydrogens is 533 g/mol. The van der Waals surface area contributed by atoms with E-state index in [4.69, 9.17) is 33.7 Å². The summed E-state index contributed by atoms with van der Waals surface area (Å²) in [6.07, 6.45) is 5.93. The first kappa shape index (κ1) is 29.1. The lowest BCUT2D eigenvalue weighted by Gasteiger charge is -2.36. The standard InChI is InChI=1S/C27H39Cl2N3O6/c1-26(2,3)38-25(37)31-20(15-7-5-4-6-8-15)24(36)32-13-17-19(27(17,28)29)21(32)18(33)12-16(11-14-9-10-14)22(34)23(30)35/h14-17,19-21H,4-13H2,1-3H3,(H2,30,35)(H,31,37)/t16?,17-,19-,20-,21+/m0/s1. The number of nitrogens with two attached hydrogens (primary N) is 1. The van der Waals surface area contributed by atoms with Gasteiger partial charge in [-0.1, -0.05) is 32.1 Å². The Morgan fingerprint density at radius 3 is 2.24 bits per heavy atom. The van der Waals surface area contributed by atoms with E-state index < -0.39 is 51.6 Å². The highest BCUT2D eigenvalue weighted by Crippen LogP contribution is 2.65. The van der Waals surface area contributed by atoms with Crippen molar-refractivity contribution in [3.63, 3.8) is 0 Å². The Balaban J connectivity index is 1.55. The second-order valence-electron chi connectivity index (χ2n) is 12.5. The monoisotopic (exact) mass is 571 g/mol. The number of halogens is 2. The second-order valence-corrected chi connectivity index (χ2v) is 14.0. The van der Waals surface area contributed by atoms with Crippen molar-refractivity contribution in [1.82, 2.24) is 10.2 Å². The zero-order valence-corrected chi connectivity index (χ0v) is 23.9. The van der Waals surface area contributed by atoms with Crippen LogP contribution in [-0.2, 0) is 23.9 Å². The van der Waals surface area contributed by atoms with E-state index in [0.29, 0.717) is 12.3 Å². The highest BCUT2D eigenvalue weighted by atomic mass is 35.5. The molecule has 4 fully saturated rings. The van der Waals surface area contributed by atoms with Crippen molar-refractivity contribution >= 4 is 52.7 Å². The normalized spacial score (nSPS) is 28.1. The number of carbonyl (C=O) groups is 5. The quantitative estimate of drug-likeness (QED) is 0.304. The zero-order chi connectivity index (χ0) is 28.0. The van der Waals surface area contributed by atoms with Crippen molar-refractivity contribution in [2.24, 2.45) is 35.3 Å². The molecule has 3 amide bonds. The third-order valence-corrected chi connectivity index (χ3v) is 9.45. The minimum absolute atomic E-state index is 0.0905. The summed E-state index contributed by atoms with van der Waals surface area (Å²) in [5, 5.41) is 2.79. The van der Waals surface area contributed by atoms with Gasteiger partial charge >= 0.3 is 6.09 Å². The summed E-state index contributed by atoms with van der Waals surface area (Å²) < 4.78 is 4.30. The Labute approximate surface area is 233 Å². The number of primary amides is 1. The van der Waals surface area contributed by atoms with E-state index in [1.807, 2.05) is 0 Å². The highest BCUT2D eigenvalue weighted by molar-refractivity contribution is 6.51. The van der Waals surface area contributed by atoms with Crippen LogP contribution >= 0.6 is 23.2 Å². The molecule has 4 rings (SSSR count). The van der Waals surface area contributed by atoms with Gasteiger partial charge in [0.05, 0.1) is 6.04 Å². The van der Waals surface area contributed by atoms with E-state index in [-0.39, 0.29) is 36.5 Å². The number of hydrogen-bond acceptors (Lipinski definition) is 6. The van der Waals surface area contributed by atoms with Gasteiger partial charge in [0.25, 0.3) is 5.91 Å². The second kappa shape index (κ2) is 11.0. The van der Waals surface area contributed by atoms with Crippen LogP contribution in [0.3, 0.4) is 0 Å². The van der Waals surface area contributed by atoms with Crippen molar-refractivity contribution in [1.29, 1.82) is 0 Å². The number of amides is 3. The van der Waals surface area contributed by atoms with Crippen LogP contribution in [0.2, 0.25) is 0 Å². The number of rotatable bonds is 10. The molecule has 3 N–H and O–H groups in total. The van der Waals surface area contributed by atoms with Crippen molar-refractivity contribution in [3.05, 3.63) is 0 Å². The van der Waals surface area contributed by atoms with Gasteiger partial charge in [-0.25, -0.2) is 4.79 Å². The third-order valence-electron chi connectivity index (χ3n) is 8.38. The fourth-order valence-electron chi connectivity index (χ4n) is 6.27. The molecule has 1 unspecified atom stereocenters. The van der Waals surface area contributed by atoms with E-state index in [2.05, 4.69) is 5.32 Å². The molecule has 3 aliphatic carbocycles. The van der Waals surface area contributed by atoms with Gasteiger partial charge in [-0.2, -0.15) is 0 Å². The Morgan fingerprint density at radius 2 is 1.68 bits per heavy atom. The molecule has 1 aliphatic heterocycles. The zero-order valence-electron chi connectivity index (χ0n) is 22.3. The number of nitrogens with one attached hydrogen (secondary N) is 1. The highest BCUT2D eigenvalue weighted by Gasteiger charge is 2.73. The van der Waals surface area contributed by atoms with Crippen molar-refractivity contribution in [3.8, 4) is 0 Å². The minimum Gasteiger partial charge on any atom is -0.444 e. The molecule has 212 valence electrons. The largest absolute Gasteiger partial charge is 0.444 e. The maximum atomic E-state index is 14.0. The van der Waals surface area contributed by atoms with Crippen LogP contribution in [-0.4, -0.2) is 62.9 Å². The topological polar surface area (TPSA) is 136 Å². The Bertz CT molecular complexity index is 986. The molecule has 0 spiro atoms. The summed E-state index contributed by atoms with van der Waals surface area (Å²) in [5.41, 5.74) is 4.53. The molecule has 0 bridgehead atoms. The Hall–Kier alpha value is -1.87. The van der Waals surface area contributed by atoms with Gasteiger partial charge in [0.1, 0.15) is 16.0 Å². The first-order valence-corrected chi connectivity index (χ1v) is 14.5. The van der Waals surface area contributed by atoms with E-state index in [0.717, 1.165) is 44.9 Å². The summed E-state index contributed by atoms with van der Waals surface area (Å²) in [4.78, 5) is 66.1. The number of alkyl carbamates (subject to hydrolysis) is 1. The summed E-state index contributed by atoms with van der Waals surface area (Å²) in [6, 6.07) is -1.79. The molecule has 9 nitrogen and oxygen atoms in total. The van der Waals surface area contributed by atoms with Crippen LogP contribution < -0.4 is 11.1 Å². The molecule has 4 aliphatic rings. The van der Waals surface area contributed by atoms with E-state index in [1.165, 1.54) is 4.90 Å². The van der Waals surface area contributed by atoms with Gasteiger partial charge in [0.2, 0.25) is 11.7 Å². The van der Waals surface area contributed by atoms with Gasteiger partial charge < -0.3 is 20.7 Å². The van der Waals surface area contributed by atoms with Gasteiger partial charge in [-0.05, 0) is 51.9 Å². The number of nitrogens with zero attached hydrogens (tertiary/aromatic N) is 1. The van der Waals surface area contributed by atoms with Crippen LogP contribution in [0.5, 0.6) is 0 Å². The minimum atomic E-state index is -1.14. The van der Waals surface area contributed by atoms with E-state index in [1.54, 1.807) is 20.8 Å². The summed E-state index contributed by atoms with van der Waals surface area (Å²) in [5.74, 6) is -3.92. The number of fused-ring (bicyclic) bond motifs is 1. The van der Waals surface area contributed by atoms with Crippen LogP contribution in [0.25, 0.3) is 0 Å². The lowest BCUT2D eigenvalue weighted by molar-refractivity contribution is -0.143. The summed E-state index contributed by atoms with van der Waals surface area (Å²) >= 11 is 13.0. The van der Waals surface area contributed by atoms with Gasteiger partial charge in [-0.3, -0.25) is 19.2 Å². The maximum Gasteiger partial charge on any atom is 0.408 e. The van der Waals surface area contributed by atoms with E-state index in [9.17, 15) is 24.0 Å². The smallest absolute Gasteiger partial charge is 0.408 e. The average Bonchev–Trinajstić information content (AvgIpc) is 3.68. The van der Waals surface area contributed by atoms with Crippen LogP contribution in [0.1, 0.15) is 78.6 Å². The van der Waals surface area contributed by atoms with Crippen molar-refractivity contribution in [2.75, 3.05) is 6.54 Å². The number of Topliss-reactive ketones (excluding diaryl/α,β-unsaturated/α-hetero) is 2. The number of ketones is 2. The molecule has 1 heterocycles. The molecule has 38 heavy (non-hydrogen) atoms. The van der Waals surface area contributed by atoms with Gasteiger partial charge in [0, 0.05) is 30.7 Å². The Morgan fingerprint density at radius 1 is 1.05 bits per heavy atom. The number of piperidine rings is 1. The fraction of sp³-hybridized carbons (Fsp3) is 0.815. The lowest BCUT2D eigenvalue weighted by atomic mass is 9.83. The summed E-state index contributed by atoms with van der Waals surface area (Å²) in [7, 11) is 0. The predicted octanol–water partition coefficient (Wildman–Crippen LogP) is 3.52. The molecular formula is C27H39Cl2N3O6. The molecule has 0 radical (unpaired) electrons. The molecule has 3 saturated carbocycles. The predicted molar refractivity (Wildman–Crippen MR) is 141 cm³/mol. The maximum absolute atomic E-state index is 14.0.